The van der Waals surface area contributed by atoms with Crippen molar-refractivity contribution in [2.75, 3.05) is 5.32 Å². The molecule has 4 nitrogen and oxygen atoms in total. The summed E-state index contributed by atoms with van der Waals surface area (Å²) in [4.78, 5) is 16.3. The lowest BCUT2D eigenvalue weighted by atomic mass is 10.3. The molecule has 1 amide bonds. The zero-order valence-corrected chi connectivity index (χ0v) is 11.2. The molecule has 0 radical (unpaired) electrons. The summed E-state index contributed by atoms with van der Waals surface area (Å²) in [6, 6.07) is 7.76. The third-order valence-corrected chi connectivity index (χ3v) is 3.33. The maximum absolute atomic E-state index is 12.2. The summed E-state index contributed by atoms with van der Waals surface area (Å²) in [6.45, 7) is 0. The minimum atomic E-state index is -0.119. The van der Waals surface area contributed by atoms with Crippen molar-refractivity contribution in [3.05, 3.63) is 46.8 Å². The van der Waals surface area contributed by atoms with Crippen molar-refractivity contribution >= 4 is 27.7 Å². The lowest BCUT2D eigenvalue weighted by Gasteiger charge is -2.07. The Labute approximate surface area is 113 Å². The van der Waals surface area contributed by atoms with E-state index < -0.39 is 0 Å². The lowest BCUT2D eigenvalue weighted by Crippen LogP contribution is -2.16. The van der Waals surface area contributed by atoms with Crippen LogP contribution in [-0.4, -0.2) is 15.5 Å². The van der Waals surface area contributed by atoms with Gasteiger partial charge in [0.15, 0.2) is 0 Å². The molecule has 0 bridgehead atoms. The number of hydrogen-bond donors (Lipinski definition) is 1. The van der Waals surface area contributed by atoms with Crippen molar-refractivity contribution in [1.82, 2.24) is 9.55 Å². The highest BCUT2D eigenvalue weighted by Crippen LogP contribution is 2.37. The Hall–Kier alpha value is -1.62. The molecule has 0 atom stereocenters. The van der Waals surface area contributed by atoms with Crippen LogP contribution in [0.3, 0.4) is 0 Å². The first-order valence-electron chi connectivity index (χ1n) is 5.84. The molecule has 2 aromatic rings. The van der Waals surface area contributed by atoms with Gasteiger partial charge in [0.05, 0.1) is 0 Å². The van der Waals surface area contributed by atoms with Gasteiger partial charge in [0, 0.05) is 22.9 Å². The molecule has 0 aromatic carbocycles. The van der Waals surface area contributed by atoms with Crippen molar-refractivity contribution < 1.29 is 4.79 Å². The quantitative estimate of drug-likeness (QED) is 0.946. The second-order valence-electron chi connectivity index (χ2n) is 4.35. The maximum Gasteiger partial charge on any atom is 0.273 e. The molecule has 0 spiro atoms. The summed E-state index contributed by atoms with van der Waals surface area (Å²) in [5.74, 6) is 0.452. The average molecular weight is 306 g/mol. The molecule has 1 saturated carbocycles. The first-order chi connectivity index (χ1) is 8.74. The maximum atomic E-state index is 12.2. The van der Waals surface area contributed by atoms with Gasteiger partial charge in [0.1, 0.15) is 11.5 Å². The van der Waals surface area contributed by atoms with Crippen molar-refractivity contribution in [1.29, 1.82) is 0 Å². The van der Waals surface area contributed by atoms with E-state index in [1.54, 1.807) is 12.3 Å². The molecule has 0 saturated heterocycles. The van der Waals surface area contributed by atoms with E-state index in [2.05, 4.69) is 26.2 Å². The number of amides is 1. The Morgan fingerprint density at radius 3 is 2.94 bits per heavy atom. The van der Waals surface area contributed by atoms with Gasteiger partial charge in [-0.05, 0) is 47.0 Å². The predicted molar refractivity (Wildman–Crippen MR) is 72.6 cm³/mol. The molecule has 1 aliphatic carbocycles. The first-order valence-corrected chi connectivity index (χ1v) is 6.63. The zero-order chi connectivity index (χ0) is 12.5. The topological polar surface area (TPSA) is 46.9 Å². The van der Waals surface area contributed by atoms with Crippen LogP contribution in [-0.2, 0) is 0 Å². The summed E-state index contributed by atoms with van der Waals surface area (Å²) >= 11 is 3.42. The minimum Gasteiger partial charge on any atom is -0.339 e. The van der Waals surface area contributed by atoms with Gasteiger partial charge >= 0.3 is 0 Å². The minimum absolute atomic E-state index is 0.119. The summed E-state index contributed by atoms with van der Waals surface area (Å²) in [5.41, 5.74) is 0.676. The highest BCUT2D eigenvalue weighted by atomic mass is 79.9. The third-order valence-electron chi connectivity index (χ3n) is 2.89. The second-order valence-corrected chi connectivity index (χ2v) is 5.27. The number of nitrogens with one attached hydrogen (secondary N) is 1. The zero-order valence-electron chi connectivity index (χ0n) is 9.64. The first kappa shape index (κ1) is 11.5. The van der Waals surface area contributed by atoms with Crippen LogP contribution in [0.25, 0.3) is 0 Å². The van der Waals surface area contributed by atoms with Crippen molar-refractivity contribution in [2.24, 2.45) is 0 Å². The van der Waals surface area contributed by atoms with E-state index in [1.807, 2.05) is 29.0 Å². The molecule has 0 aliphatic heterocycles. The van der Waals surface area contributed by atoms with Gasteiger partial charge in [0.25, 0.3) is 5.91 Å². The van der Waals surface area contributed by atoms with Crippen LogP contribution < -0.4 is 5.32 Å². The Bertz CT molecular complexity index is 575. The van der Waals surface area contributed by atoms with Gasteiger partial charge in [-0.1, -0.05) is 6.07 Å². The molecule has 1 fully saturated rings. The van der Waals surface area contributed by atoms with E-state index in [1.165, 1.54) is 0 Å². The molecule has 5 heteroatoms. The third kappa shape index (κ3) is 2.31. The van der Waals surface area contributed by atoms with Gasteiger partial charge in [-0.2, -0.15) is 0 Å². The predicted octanol–water partition coefficient (Wildman–Crippen LogP) is 3.23. The molecular weight excluding hydrogens is 294 g/mol. The number of rotatable bonds is 3. The molecule has 3 rings (SSSR count). The fraction of sp³-hybridized carbons (Fsp3) is 0.231. The Kier molecular flexibility index (Phi) is 2.91. The van der Waals surface area contributed by atoms with Crippen LogP contribution >= 0.6 is 15.9 Å². The monoisotopic (exact) mass is 305 g/mol. The van der Waals surface area contributed by atoms with E-state index in [0.717, 1.165) is 17.3 Å². The van der Waals surface area contributed by atoms with E-state index in [0.29, 0.717) is 17.6 Å². The number of anilines is 1. The van der Waals surface area contributed by atoms with Crippen LogP contribution in [0.15, 0.2) is 41.1 Å². The Morgan fingerprint density at radius 2 is 2.28 bits per heavy atom. The lowest BCUT2D eigenvalue weighted by molar-refractivity contribution is 0.101. The molecule has 2 aromatic heterocycles. The highest BCUT2D eigenvalue weighted by molar-refractivity contribution is 9.10. The van der Waals surface area contributed by atoms with E-state index in [-0.39, 0.29) is 5.91 Å². The fourth-order valence-corrected chi connectivity index (χ4v) is 2.34. The number of hydrogen-bond acceptors (Lipinski definition) is 2. The number of carbonyl (C=O) groups is 1. The van der Waals surface area contributed by atoms with Gasteiger partial charge in [-0.15, -0.1) is 0 Å². The SMILES string of the molecule is O=C(Nc1ccccn1)c1cc(Br)cn1C1CC1. The molecule has 1 aliphatic rings. The van der Waals surface area contributed by atoms with E-state index in [4.69, 9.17) is 0 Å². The molecular formula is C13H12BrN3O. The number of halogens is 1. The second kappa shape index (κ2) is 4.57. The molecule has 0 unspecified atom stereocenters. The van der Waals surface area contributed by atoms with Gasteiger partial charge < -0.3 is 9.88 Å². The molecule has 2 heterocycles. The van der Waals surface area contributed by atoms with Crippen LogP contribution in [0.1, 0.15) is 29.4 Å². The van der Waals surface area contributed by atoms with Crippen LogP contribution in [0.5, 0.6) is 0 Å². The van der Waals surface area contributed by atoms with Crippen LogP contribution in [0, 0.1) is 0 Å². The van der Waals surface area contributed by atoms with Gasteiger partial charge in [-0.25, -0.2) is 4.98 Å². The summed E-state index contributed by atoms with van der Waals surface area (Å²) in [5, 5.41) is 2.80. The summed E-state index contributed by atoms with van der Waals surface area (Å²) in [7, 11) is 0. The van der Waals surface area contributed by atoms with Crippen molar-refractivity contribution in [3.63, 3.8) is 0 Å². The van der Waals surface area contributed by atoms with Crippen LogP contribution in [0.2, 0.25) is 0 Å². The average Bonchev–Trinajstić information content (AvgIpc) is 3.13. The number of aromatic nitrogens is 2. The number of nitrogens with zero attached hydrogens (tertiary/aromatic N) is 2. The van der Waals surface area contributed by atoms with Crippen molar-refractivity contribution in [3.8, 4) is 0 Å². The normalized spacial score (nSPS) is 14.5. The summed E-state index contributed by atoms with van der Waals surface area (Å²) in [6.07, 6.45) is 5.91. The highest BCUT2D eigenvalue weighted by Gasteiger charge is 2.27. The molecule has 18 heavy (non-hydrogen) atoms. The van der Waals surface area contributed by atoms with Gasteiger partial charge in [-0.3, -0.25) is 4.79 Å². The number of pyridine rings is 1. The molecule has 1 N–H and O–H groups in total. The summed E-state index contributed by atoms with van der Waals surface area (Å²) < 4.78 is 2.96. The van der Waals surface area contributed by atoms with E-state index in [9.17, 15) is 4.79 Å². The smallest absolute Gasteiger partial charge is 0.273 e. The Morgan fingerprint density at radius 1 is 1.44 bits per heavy atom. The van der Waals surface area contributed by atoms with Crippen LogP contribution in [0.4, 0.5) is 5.82 Å². The number of carbonyl (C=O) groups excluding carboxylic acids is 1. The Balaban J connectivity index is 1.84. The van der Waals surface area contributed by atoms with Crippen molar-refractivity contribution in [2.45, 2.75) is 18.9 Å². The molecule has 92 valence electrons. The van der Waals surface area contributed by atoms with E-state index >= 15 is 0 Å². The van der Waals surface area contributed by atoms with Gasteiger partial charge in [0.2, 0.25) is 0 Å². The standard InChI is InChI=1S/C13H12BrN3O/c14-9-7-11(17(8-9)10-4-5-10)13(18)16-12-3-1-2-6-15-12/h1-3,6-8,10H,4-5H2,(H,15,16,18). The largest absolute Gasteiger partial charge is 0.339 e. The fourth-order valence-electron chi connectivity index (χ4n) is 1.90.